The Labute approximate surface area is 124 Å². The lowest BCUT2D eigenvalue weighted by Gasteiger charge is -2.09. The molecule has 3 N–H and O–H groups in total. The maximum absolute atomic E-state index is 12.5. The van der Waals surface area contributed by atoms with Crippen LogP contribution in [0.2, 0.25) is 0 Å². The fourth-order valence-electron chi connectivity index (χ4n) is 1.92. The van der Waals surface area contributed by atoms with Crippen molar-refractivity contribution in [1.82, 2.24) is 20.5 Å². The summed E-state index contributed by atoms with van der Waals surface area (Å²) >= 11 is 0. The van der Waals surface area contributed by atoms with Gasteiger partial charge in [-0.05, 0) is 32.5 Å². The Balaban J connectivity index is 2.31. The van der Waals surface area contributed by atoms with Gasteiger partial charge in [0.1, 0.15) is 0 Å². The lowest BCUT2D eigenvalue weighted by Crippen LogP contribution is -2.19. The number of aromatic nitrogens is 3. The van der Waals surface area contributed by atoms with Gasteiger partial charge in [0.25, 0.3) is 10.0 Å². The van der Waals surface area contributed by atoms with Crippen molar-refractivity contribution in [2.24, 2.45) is 0 Å². The zero-order valence-electron chi connectivity index (χ0n) is 12.3. The van der Waals surface area contributed by atoms with Crippen LogP contribution in [0.4, 0.5) is 5.69 Å². The SMILES string of the molecule is CCNCc1c(S(=O)(=O)Nc2ccnc(C)c2)n[nH]c1C. The molecule has 2 aromatic rings. The number of aromatic amines is 1. The number of aryl methyl sites for hydroxylation is 2. The monoisotopic (exact) mass is 309 g/mol. The molecule has 0 atom stereocenters. The van der Waals surface area contributed by atoms with E-state index >= 15 is 0 Å². The molecule has 2 rings (SSSR count). The van der Waals surface area contributed by atoms with Crippen molar-refractivity contribution < 1.29 is 8.42 Å². The van der Waals surface area contributed by atoms with E-state index in [0.717, 1.165) is 17.9 Å². The topological polar surface area (TPSA) is 99.8 Å². The van der Waals surface area contributed by atoms with Crippen LogP contribution in [0.3, 0.4) is 0 Å². The molecule has 0 radical (unpaired) electrons. The van der Waals surface area contributed by atoms with Gasteiger partial charge in [0, 0.05) is 29.7 Å². The van der Waals surface area contributed by atoms with Gasteiger partial charge in [-0.25, -0.2) is 0 Å². The molecule has 0 bridgehead atoms. The second-order valence-electron chi connectivity index (χ2n) is 4.70. The Kier molecular flexibility index (Phi) is 4.59. The number of pyridine rings is 1. The third-order valence-electron chi connectivity index (χ3n) is 2.99. The van der Waals surface area contributed by atoms with Crippen LogP contribution >= 0.6 is 0 Å². The highest BCUT2D eigenvalue weighted by Crippen LogP contribution is 2.20. The molecule has 0 amide bonds. The van der Waals surface area contributed by atoms with Gasteiger partial charge in [0.15, 0.2) is 0 Å². The number of nitrogens with one attached hydrogen (secondary N) is 3. The zero-order valence-corrected chi connectivity index (χ0v) is 13.1. The van der Waals surface area contributed by atoms with Crippen LogP contribution < -0.4 is 10.0 Å². The number of rotatable bonds is 6. The average molecular weight is 309 g/mol. The molecule has 8 heteroatoms. The summed E-state index contributed by atoms with van der Waals surface area (Å²) in [5.74, 6) is 0. The minimum Gasteiger partial charge on any atom is -0.313 e. The first-order chi connectivity index (χ1) is 9.94. The highest BCUT2D eigenvalue weighted by molar-refractivity contribution is 7.92. The van der Waals surface area contributed by atoms with Crippen LogP contribution in [-0.2, 0) is 16.6 Å². The first-order valence-electron chi connectivity index (χ1n) is 6.64. The van der Waals surface area contributed by atoms with Crippen molar-refractivity contribution in [1.29, 1.82) is 0 Å². The molecule has 21 heavy (non-hydrogen) atoms. The molecular weight excluding hydrogens is 290 g/mol. The van der Waals surface area contributed by atoms with Crippen LogP contribution in [0.15, 0.2) is 23.4 Å². The van der Waals surface area contributed by atoms with Gasteiger partial charge < -0.3 is 5.32 Å². The van der Waals surface area contributed by atoms with E-state index in [4.69, 9.17) is 0 Å². The molecule has 0 fully saturated rings. The van der Waals surface area contributed by atoms with Crippen molar-refractivity contribution in [2.45, 2.75) is 32.3 Å². The maximum Gasteiger partial charge on any atom is 0.281 e. The number of hydrogen-bond acceptors (Lipinski definition) is 5. The highest BCUT2D eigenvalue weighted by Gasteiger charge is 2.23. The number of hydrogen-bond donors (Lipinski definition) is 3. The fraction of sp³-hybridized carbons (Fsp3) is 0.385. The molecule has 0 saturated heterocycles. The largest absolute Gasteiger partial charge is 0.313 e. The van der Waals surface area contributed by atoms with Gasteiger partial charge >= 0.3 is 0 Å². The standard InChI is InChI=1S/C13H19N5O2S/c1-4-14-8-12-10(3)16-17-13(12)21(19,20)18-11-5-6-15-9(2)7-11/h5-7,14H,4,8H2,1-3H3,(H,15,18)(H,16,17). The molecule has 0 aromatic carbocycles. The normalized spacial score (nSPS) is 11.6. The quantitative estimate of drug-likeness (QED) is 0.747. The van der Waals surface area contributed by atoms with Crippen LogP contribution in [0.25, 0.3) is 0 Å². The van der Waals surface area contributed by atoms with E-state index in [-0.39, 0.29) is 5.03 Å². The number of sulfonamides is 1. The van der Waals surface area contributed by atoms with E-state index in [2.05, 4.69) is 25.2 Å². The Bertz CT molecular complexity index is 724. The summed E-state index contributed by atoms with van der Waals surface area (Å²) in [5, 5.41) is 9.79. The maximum atomic E-state index is 12.5. The number of anilines is 1. The summed E-state index contributed by atoms with van der Waals surface area (Å²) in [4.78, 5) is 4.04. The van der Waals surface area contributed by atoms with Crippen molar-refractivity contribution in [3.05, 3.63) is 35.3 Å². The Morgan fingerprint density at radius 3 is 2.76 bits per heavy atom. The van der Waals surface area contributed by atoms with E-state index in [1.165, 1.54) is 0 Å². The molecule has 0 aliphatic carbocycles. The zero-order chi connectivity index (χ0) is 15.5. The van der Waals surface area contributed by atoms with Gasteiger partial charge in [-0.2, -0.15) is 13.5 Å². The minimum atomic E-state index is -3.73. The third kappa shape index (κ3) is 3.59. The summed E-state index contributed by atoms with van der Waals surface area (Å²) in [5.41, 5.74) is 2.59. The van der Waals surface area contributed by atoms with E-state index in [9.17, 15) is 8.42 Å². The van der Waals surface area contributed by atoms with E-state index in [0.29, 0.717) is 17.8 Å². The van der Waals surface area contributed by atoms with Crippen LogP contribution in [0.5, 0.6) is 0 Å². The van der Waals surface area contributed by atoms with E-state index < -0.39 is 10.0 Å². The van der Waals surface area contributed by atoms with Crippen molar-refractivity contribution >= 4 is 15.7 Å². The summed E-state index contributed by atoms with van der Waals surface area (Å²) in [7, 11) is -3.73. The summed E-state index contributed by atoms with van der Waals surface area (Å²) in [6.45, 7) is 6.76. The van der Waals surface area contributed by atoms with Crippen molar-refractivity contribution in [3.8, 4) is 0 Å². The Hall–Kier alpha value is -1.93. The van der Waals surface area contributed by atoms with Crippen LogP contribution in [-0.4, -0.2) is 30.1 Å². The minimum absolute atomic E-state index is 0.0235. The van der Waals surface area contributed by atoms with E-state index in [1.807, 2.05) is 6.92 Å². The van der Waals surface area contributed by atoms with Gasteiger partial charge in [-0.15, -0.1) is 0 Å². The average Bonchev–Trinajstić information content (AvgIpc) is 2.78. The molecule has 0 unspecified atom stereocenters. The molecule has 7 nitrogen and oxygen atoms in total. The predicted molar refractivity (Wildman–Crippen MR) is 80.5 cm³/mol. The molecule has 114 valence electrons. The highest BCUT2D eigenvalue weighted by atomic mass is 32.2. The van der Waals surface area contributed by atoms with Crippen molar-refractivity contribution in [2.75, 3.05) is 11.3 Å². The second kappa shape index (κ2) is 6.23. The lowest BCUT2D eigenvalue weighted by atomic mass is 10.2. The van der Waals surface area contributed by atoms with E-state index in [1.54, 1.807) is 32.2 Å². The van der Waals surface area contributed by atoms with Gasteiger partial charge in [0.05, 0.1) is 5.69 Å². The Morgan fingerprint density at radius 2 is 2.10 bits per heavy atom. The van der Waals surface area contributed by atoms with Crippen LogP contribution in [0, 0.1) is 13.8 Å². The summed E-state index contributed by atoms with van der Waals surface area (Å²) in [6, 6.07) is 3.27. The van der Waals surface area contributed by atoms with Crippen molar-refractivity contribution in [3.63, 3.8) is 0 Å². The molecule has 2 aromatic heterocycles. The summed E-state index contributed by atoms with van der Waals surface area (Å²) in [6.07, 6.45) is 1.56. The first kappa shape index (κ1) is 15.5. The third-order valence-corrected chi connectivity index (χ3v) is 4.34. The predicted octanol–water partition coefficient (Wildman–Crippen LogP) is 1.33. The van der Waals surface area contributed by atoms with Gasteiger partial charge in [-0.3, -0.25) is 14.8 Å². The number of H-pyrrole nitrogens is 1. The Morgan fingerprint density at radius 1 is 1.33 bits per heavy atom. The first-order valence-corrected chi connectivity index (χ1v) is 8.12. The van der Waals surface area contributed by atoms with Gasteiger partial charge in [-0.1, -0.05) is 6.92 Å². The second-order valence-corrected chi connectivity index (χ2v) is 6.30. The molecule has 0 saturated carbocycles. The van der Waals surface area contributed by atoms with Crippen LogP contribution in [0.1, 0.15) is 23.9 Å². The fourth-order valence-corrected chi connectivity index (χ4v) is 3.17. The van der Waals surface area contributed by atoms with Gasteiger partial charge in [0.2, 0.25) is 5.03 Å². The lowest BCUT2D eigenvalue weighted by molar-refractivity contribution is 0.594. The summed E-state index contributed by atoms with van der Waals surface area (Å²) < 4.78 is 27.5. The molecule has 0 aliphatic heterocycles. The molecule has 2 heterocycles. The smallest absolute Gasteiger partial charge is 0.281 e. The number of nitrogens with zero attached hydrogens (tertiary/aromatic N) is 2. The molecular formula is C13H19N5O2S. The molecule has 0 aliphatic rings. The molecule has 0 spiro atoms.